The van der Waals surface area contributed by atoms with Crippen LogP contribution in [0, 0.1) is 6.92 Å². The molecule has 0 aliphatic carbocycles. The maximum absolute atomic E-state index is 9.13. The molecule has 3 nitrogen and oxygen atoms in total. The fourth-order valence-electron chi connectivity index (χ4n) is 1.34. The molecule has 0 aliphatic rings. The second-order valence-electron chi connectivity index (χ2n) is 2.87. The molecule has 0 heterocycles. The molecule has 1 N–H and O–H groups in total. The fraction of sp³-hybridized carbons (Fsp3) is 0.400. The van der Waals surface area contributed by atoms with Crippen molar-refractivity contribution in [3.63, 3.8) is 0 Å². The summed E-state index contributed by atoms with van der Waals surface area (Å²) in [6.45, 7) is 1.85. The lowest BCUT2D eigenvalue weighted by atomic mass is 10.1. The summed E-state index contributed by atoms with van der Waals surface area (Å²) in [5, 5.41) is 9.13. The zero-order valence-corrected chi connectivity index (χ0v) is 10.0. The maximum atomic E-state index is 9.13. The molecule has 0 amide bonds. The van der Waals surface area contributed by atoms with Gasteiger partial charge in [-0.25, -0.2) is 0 Å². The first-order valence-corrected chi connectivity index (χ1v) is 4.95. The Labute approximate surface area is 91.8 Å². The smallest absolute Gasteiger partial charge is 0.166 e. The van der Waals surface area contributed by atoms with Crippen LogP contribution >= 0.6 is 15.9 Å². The van der Waals surface area contributed by atoms with E-state index in [-0.39, 0.29) is 6.61 Å². The number of hydrogen-bond acceptors (Lipinski definition) is 3. The van der Waals surface area contributed by atoms with Crippen LogP contribution in [0.2, 0.25) is 0 Å². The number of aliphatic hydroxyl groups excluding tert-OH is 1. The van der Waals surface area contributed by atoms with Crippen LogP contribution in [0.3, 0.4) is 0 Å². The van der Waals surface area contributed by atoms with E-state index in [1.807, 2.05) is 13.0 Å². The molecule has 0 radical (unpaired) electrons. The first-order chi connectivity index (χ1) is 6.65. The number of methoxy groups -OCH3 is 2. The van der Waals surface area contributed by atoms with E-state index in [1.54, 1.807) is 14.2 Å². The van der Waals surface area contributed by atoms with Gasteiger partial charge in [-0.15, -0.1) is 0 Å². The number of benzene rings is 1. The molecule has 0 saturated heterocycles. The summed E-state index contributed by atoms with van der Waals surface area (Å²) in [7, 11) is 3.14. The summed E-state index contributed by atoms with van der Waals surface area (Å²) in [5.41, 5.74) is 1.67. The summed E-state index contributed by atoms with van der Waals surface area (Å²) in [5.74, 6) is 1.25. The SMILES string of the molecule is COc1c(CO)cc(Br)c(C)c1OC. The van der Waals surface area contributed by atoms with E-state index in [0.717, 1.165) is 10.0 Å². The van der Waals surface area contributed by atoms with Crippen LogP contribution in [-0.4, -0.2) is 19.3 Å². The summed E-state index contributed by atoms with van der Waals surface area (Å²) < 4.78 is 11.3. The van der Waals surface area contributed by atoms with Gasteiger partial charge in [0.1, 0.15) is 0 Å². The van der Waals surface area contributed by atoms with Crippen LogP contribution in [0.1, 0.15) is 11.1 Å². The van der Waals surface area contributed by atoms with E-state index in [0.29, 0.717) is 17.1 Å². The molecule has 1 aromatic carbocycles. The van der Waals surface area contributed by atoms with Crippen molar-refractivity contribution in [3.8, 4) is 11.5 Å². The first kappa shape index (κ1) is 11.3. The normalized spacial score (nSPS) is 10.1. The second-order valence-corrected chi connectivity index (χ2v) is 3.72. The summed E-state index contributed by atoms with van der Waals surface area (Å²) in [6, 6.07) is 1.83. The summed E-state index contributed by atoms with van der Waals surface area (Å²) in [4.78, 5) is 0. The van der Waals surface area contributed by atoms with E-state index in [2.05, 4.69) is 15.9 Å². The van der Waals surface area contributed by atoms with Crippen molar-refractivity contribution in [1.29, 1.82) is 0 Å². The zero-order valence-electron chi connectivity index (χ0n) is 8.43. The summed E-state index contributed by atoms with van der Waals surface area (Å²) in [6.07, 6.45) is 0. The first-order valence-electron chi connectivity index (χ1n) is 4.16. The highest BCUT2D eigenvalue weighted by Crippen LogP contribution is 2.38. The Morgan fingerprint density at radius 1 is 1.29 bits per heavy atom. The number of aliphatic hydroxyl groups is 1. The standard InChI is InChI=1S/C10H13BrO3/c1-6-8(11)4-7(5-12)10(14-3)9(6)13-2/h4,12H,5H2,1-3H3. The monoisotopic (exact) mass is 260 g/mol. The van der Waals surface area contributed by atoms with Gasteiger partial charge in [0.05, 0.1) is 20.8 Å². The molecule has 1 rings (SSSR count). The van der Waals surface area contributed by atoms with Gasteiger partial charge in [-0.2, -0.15) is 0 Å². The fourth-order valence-corrected chi connectivity index (χ4v) is 1.79. The molecule has 78 valence electrons. The van der Waals surface area contributed by atoms with Crippen LogP contribution in [0.25, 0.3) is 0 Å². The quantitative estimate of drug-likeness (QED) is 0.907. The lowest BCUT2D eigenvalue weighted by Crippen LogP contribution is -1.99. The van der Waals surface area contributed by atoms with Crippen LogP contribution in [0.4, 0.5) is 0 Å². The van der Waals surface area contributed by atoms with Gasteiger partial charge in [-0.1, -0.05) is 15.9 Å². The third kappa shape index (κ3) is 1.86. The van der Waals surface area contributed by atoms with Gasteiger partial charge < -0.3 is 14.6 Å². The van der Waals surface area contributed by atoms with Gasteiger partial charge in [-0.3, -0.25) is 0 Å². The molecule has 0 atom stereocenters. The Morgan fingerprint density at radius 3 is 2.29 bits per heavy atom. The highest BCUT2D eigenvalue weighted by molar-refractivity contribution is 9.10. The van der Waals surface area contributed by atoms with Gasteiger partial charge in [-0.05, 0) is 13.0 Å². The molecule has 0 fully saturated rings. The molecular formula is C10H13BrO3. The predicted octanol–water partition coefficient (Wildman–Crippen LogP) is 2.27. The molecule has 4 heteroatoms. The van der Waals surface area contributed by atoms with Crippen molar-refractivity contribution in [2.24, 2.45) is 0 Å². The number of hydrogen-bond donors (Lipinski definition) is 1. The van der Waals surface area contributed by atoms with Crippen molar-refractivity contribution < 1.29 is 14.6 Å². The molecule has 0 unspecified atom stereocenters. The molecule has 0 bridgehead atoms. The van der Waals surface area contributed by atoms with Crippen molar-refractivity contribution >= 4 is 15.9 Å². The maximum Gasteiger partial charge on any atom is 0.166 e. The Morgan fingerprint density at radius 2 is 1.86 bits per heavy atom. The van der Waals surface area contributed by atoms with Crippen molar-refractivity contribution in [1.82, 2.24) is 0 Å². The minimum atomic E-state index is -0.0710. The van der Waals surface area contributed by atoms with Gasteiger partial charge in [0, 0.05) is 15.6 Å². The lowest BCUT2D eigenvalue weighted by molar-refractivity contribution is 0.269. The Kier molecular flexibility index (Phi) is 3.77. The largest absolute Gasteiger partial charge is 0.493 e. The van der Waals surface area contributed by atoms with E-state index in [4.69, 9.17) is 14.6 Å². The highest BCUT2D eigenvalue weighted by atomic mass is 79.9. The van der Waals surface area contributed by atoms with Gasteiger partial charge >= 0.3 is 0 Å². The third-order valence-corrected chi connectivity index (χ3v) is 2.90. The molecular weight excluding hydrogens is 248 g/mol. The second kappa shape index (κ2) is 4.66. The number of rotatable bonds is 3. The van der Waals surface area contributed by atoms with E-state index < -0.39 is 0 Å². The molecule has 14 heavy (non-hydrogen) atoms. The van der Waals surface area contributed by atoms with E-state index in [1.165, 1.54) is 0 Å². The predicted molar refractivity (Wildman–Crippen MR) is 57.9 cm³/mol. The average Bonchev–Trinajstić information content (AvgIpc) is 2.20. The van der Waals surface area contributed by atoms with Gasteiger partial charge in [0.2, 0.25) is 0 Å². The van der Waals surface area contributed by atoms with E-state index in [9.17, 15) is 0 Å². The van der Waals surface area contributed by atoms with Crippen molar-refractivity contribution in [3.05, 3.63) is 21.7 Å². The molecule has 0 spiro atoms. The topological polar surface area (TPSA) is 38.7 Å². The lowest BCUT2D eigenvalue weighted by Gasteiger charge is -2.15. The molecule has 0 aromatic heterocycles. The number of ether oxygens (including phenoxy) is 2. The van der Waals surface area contributed by atoms with Crippen LogP contribution in [0.15, 0.2) is 10.5 Å². The minimum Gasteiger partial charge on any atom is -0.493 e. The molecule has 0 aliphatic heterocycles. The van der Waals surface area contributed by atoms with Crippen LogP contribution in [-0.2, 0) is 6.61 Å². The molecule has 0 saturated carbocycles. The Hall–Kier alpha value is -0.740. The Bertz CT molecular complexity index is 337. The van der Waals surface area contributed by atoms with E-state index >= 15 is 0 Å². The third-order valence-electron chi connectivity index (χ3n) is 2.08. The van der Waals surface area contributed by atoms with Gasteiger partial charge in [0.25, 0.3) is 0 Å². The molecule has 1 aromatic rings. The minimum absolute atomic E-state index is 0.0710. The van der Waals surface area contributed by atoms with Crippen molar-refractivity contribution in [2.45, 2.75) is 13.5 Å². The zero-order chi connectivity index (χ0) is 10.7. The number of halogens is 1. The average molecular weight is 261 g/mol. The summed E-state index contributed by atoms with van der Waals surface area (Å²) >= 11 is 3.40. The van der Waals surface area contributed by atoms with Crippen LogP contribution < -0.4 is 9.47 Å². The Balaban J connectivity index is 3.42. The van der Waals surface area contributed by atoms with Crippen LogP contribution in [0.5, 0.6) is 11.5 Å². The van der Waals surface area contributed by atoms with Crippen molar-refractivity contribution in [2.75, 3.05) is 14.2 Å². The highest BCUT2D eigenvalue weighted by Gasteiger charge is 2.14. The van der Waals surface area contributed by atoms with Gasteiger partial charge in [0.15, 0.2) is 11.5 Å².